The molecule has 2 atom stereocenters. The fraction of sp³-hybridized carbons (Fsp3) is 0.300. The van der Waals surface area contributed by atoms with Crippen molar-refractivity contribution in [3.05, 3.63) is 95.9 Å². The Hall–Kier alpha value is -3.64. The average molecular weight is 483 g/mol. The minimum Gasteiger partial charge on any atom is -0.380 e. The fourth-order valence-corrected chi connectivity index (χ4v) is 5.87. The lowest BCUT2D eigenvalue weighted by atomic mass is 9.88. The summed E-state index contributed by atoms with van der Waals surface area (Å²) in [7, 11) is 0. The molecule has 0 bridgehead atoms. The molecule has 0 radical (unpaired) electrons. The molecule has 2 N–H and O–H groups in total. The Kier molecular flexibility index (Phi) is 6.20. The predicted molar refractivity (Wildman–Crippen MR) is 143 cm³/mol. The van der Waals surface area contributed by atoms with Crippen molar-refractivity contribution in [2.45, 2.75) is 31.3 Å². The van der Waals surface area contributed by atoms with Crippen molar-refractivity contribution in [1.82, 2.24) is 9.88 Å². The first-order valence-electron chi connectivity index (χ1n) is 12.8. The summed E-state index contributed by atoms with van der Waals surface area (Å²) in [6.45, 7) is 3.38. The van der Waals surface area contributed by atoms with E-state index in [2.05, 4.69) is 62.6 Å². The Bertz CT molecular complexity index is 1360. The number of hydrogen-bond donors (Lipinski definition) is 2. The maximum atomic E-state index is 13.8. The molecule has 6 rings (SSSR count). The summed E-state index contributed by atoms with van der Waals surface area (Å²) < 4.78 is 13.4. The van der Waals surface area contributed by atoms with E-state index in [1.54, 1.807) is 12.1 Å². The number of benzene rings is 3. The van der Waals surface area contributed by atoms with Gasteiger partial charge in [0.15, 0.2) is 5.78 Å². The third-order valence-corrected chi connectivity index (χ3v) is 7.71. The largest absolute Gasteiger partial charge is 0.380 e. The van der Waals surface area contributed by atoms with Gasteiger partial charge in [0.1, 0.15) is 5.82 Å². The molecule has 5 nitrogen and oxygen atoms in total. The number of H-pyrrole nitrogens is 1. The Labute approximate surface area is 210 Å². The van der Waals surface area contributed by atoms with Crippen molar-refractivity contribution >= 4 is 28.1 Å². The summed E-state index contributed by atoms with van der Waals surface area (Å²) in [4.78, 5) is 21.9. The van der Waals surface area contributed by atoms with Crippen LogP contribution in [-0.4, -0.2) is 53.9 Å². The average Bonchev–Trinajstić information content (AvgIpc) is 3.40. The van der Waals surface area contributed by atoms with Gasteiger partial charge in [0.2, 0.25) is 0 Å². The number of carbonyl (C=O) groups is 1. The number of fused-ring (bicyclic) bond motifs is 2. The number of piperazine rings is 1. The number of aromatic amines is 1. The molecule has 36 heavy (non-hydrogen) atoms. The first-order valence-corrected chi connectivity index (χ1v) is 12.8. The number of carbonyl (C=O) groups excluding carboxylic acids is 1. The summed E-state index contributed by atoms with van der Waals surface area (Å²) in [5, 5.41) is 4.93. The second kappa shape index (κ2) is 9.78. The van der Waals surface area contributed by atoms with Crippen LogP contribution >= 0.6 is 0 Å². The van der Waals surface area contributed by atoms with E-state index < -0.39 is 0 Å². The Morgan fingerprint density at radius 2 is 1.75 bits per heavy atom. The van der Waals surface area contributed by atoms with Gasteiger partial charge in [-0.3, -0.25) is 9.69 Å². The predicted octanol–water partition coefficient (Wildman–Crippen LogP) is 5.04. The van der Waals surface area contributed by atoms with Gasteiger partial charge in [-0.2, -0.15) is 0 Å². The molecule has 1 fully saturated rings. The Morgan fingerprint density at radius 3 is 2.58 bits per heavy atom. The summed E-state index contributed by atoms with van der Waals surface area (Å²) in [6, 6.07) is 23.1. The highest BCUT2D eigenvalue weighted by Crippen LogP contribution is 2.30. The number of aromatic nitrogens is 1. The normalized spacial score (nSPS) is 19.0. The molecule has 1 aromatic heterocycles. The molecule has 0 amide bonds. The van der Waals surface area contributed by atoms with Gasteiger partial charge in [-0.15, -0.1) is 0 Å². The molecular weight excluding hydrogens is 451 g/mol. The maximum absolute atomic E-state index is 13.8. The van der Waals surface area contributed by atoms with Gasteiger partial charge in [-0.05, 0) is 60.4 Å². The quantitative estimate of drug-likeness (QED) is 0.405. The van der Waals surface area contributed by atoms with Crippen molar-refractivity contribution < 1.29 is 9.18 Å². The second-order valence-corrected chi connectivity index (χ2v) is 9.90. The van der Waals surface area contributed by atoms with Crippen molar-refractivity contribution in [3.63, 3.8) is 0 Å². The maximum Gasteiger partial charge on any atom is 0.156 e. The molecule has 2 aliphatic rings. The molecule has 6 heteroatoms. The van der Waals surface area contributed by atoms with E-state index >= 15 is 0 Å². The molecular formula is C30H31FN4O. The molecule has 0 saturated carbocycles. The van der Waals surface area contributed by atoms with Crippen molar-refractivity contribution in [3.8, 4) is 0 Å². The molecule has 2 unspecified atom stereocenters. The minimum absolute atomic E-state index is 0.0486. The summed E-state index contributed by atoms with van der Waals surface area (Å²) in [5.74, 6) is -0.0819. The van der Waals surface area contributed by atoms with E-state index in [-0.39, 0.29) is 23.7 Å². The first kappa shape index (κ1) is 22.8. The van der Waals surface area contributed by atoms with Gasteiger partial charge in [-0.25, -0.2) is 4.39 Å². The molecule has 4 aromatic rings. The van der Waals surface area contributed by atoms with Crippen LogP contribution in [0, 0.1) is 5.82 Å². The topological polar surface area (TPSA) is 51.4 Å². The molecule has 0 spiro atoms. The molecule has 0 aliphatic carbocycles. The second-order valence-electron chi connectivity index (χ2n) is 9.90. The number of aryl methyl sites for hydroxylation is 1. The standard InChI is InChI=1S/C30H31FN4O/c31-23-11-8-21(9-12-23)20-29(36)30(27-13-10-22-4-1-2-5-25(22)33-27)35-18-16-34(17-19-35)28-7-3-6-26-24(28)14-15-32-26/h1-9,11-12,14-15,27,30,32-33H,10,13,16-20H2. The van der Waals surface area contributed by atoms with E-state index in [0.29, 0.717) is 6.42 Å². The molecule has 3 heterocycles. The number of halogens is 1. The number of rotatable bonds is 6. The van der Waals surface area contributed by atoms with E-state index in [0.717, 1.165) is 55.8 Å². The number of ketones is 1. The number of Topliss-reactive ketones (excluding diaryl/α,β-unsaturated/α-hetero) is 1. The monoisotopic (exact) mass is 482 g/mol. The third kappa shape index (κ3) is 4.49. The zero-order chi connectivity index (χ0) is 24.5. The van der Waals surface area contributed by atoms with Crippen LogP contribution in [0.1, 0.15) is 17.5 Å². The zero-order valence-corrected chi connectivity index (χ0v) is 20.3. The summed E-state index contributed by atoms with van der Waals surface area (Å²) in [6.07, 6.45) is 4.18. The van der Waals surface area contributed by atoms with Gasteiger partial charge in [0.25, 0.3) is 0 Å². The van der Waals surface area contributed by atoms with Gasteiger partial charge < -0.3 is 15.2 Å². The summed E-state index contributed by atoms with van der Waals surface area (Å²) in [5.41, 5.74) is 5.69. The van der Waals surface area contributed by atoms with Crippen LogP contribution in [-0.2, 0) is 17.6 Å². The SMILES string of the molecule is O=C(Cc1ccc(F)cc1)C(C1CCc2ccccc2N1)N1CCN(c2cccc3[nH]ccc23)CC1. The van der Waals surface area contributed by atoms with Crippen LogP contribution in [0.2, 0.25) is 0 Å². The fourth-order valence-electron chi connectivity index (χ4n) is 5.87. The summed E-state index contributed by atoms with van der Waals surface area (Å²) >= 11 is 0. The smallest absolute Gasteiger partial charge is 0.156 e. The lowest BCUT2D eigenvalue weighted by Gasteiger charge is -2.44. The van der Waals surface area contributed by atoms with Crippen LogP contribution in [0.15, 0.2) is 79.0 Å². The van der Waals surface area contributed by atoms with Gasteiger partial charge in [0.05, 0.1) is 6.04 Å². The molecule has 3 aromatic carbocycles. The van der Waals surface area contributed by atoms with Crippen molar-refractivity contribution in [2.75, 3.05) is 36.4 Å². The van der Waals surface area contributed by atoms with E-state index in [9.17, 15) is 9.18 Å². The number of nitrogens with one attached hydrogen (secondary N) is 2. The number of para-hydroxylation sites is 1. The Morgan fingerprint density at radius 1 is 0.944 bits per heavy atom. The first-order chi connectivity index (χ1) is 17.7. The highest BCUT2D eigenvalue weighted by Gasteiger charge is 2.37. The van der Waals surface area contributed by atoms with E-state index in [1.165, 1.54) is 28.8 Å². The lowest BCUT2D eigenvalue weighted by Crippen LogP contribution is -2.59. The van der Waals surface area contributed by atoms with E-state index in [1.807, 2.05) is 12.3 Å². The number of anilines is 2. The zero-order valence-electron chi connectivity index (χ0n) is 20.3. The van der Waals surface area contributed by atoms with Gasteiger partial charge in [-0.1, -0.05) is 36.4 Å². The third-order valence-electron chi connectivity index (χ3n) is 7.71. The number of hydrogen-bond acceptors (Lipinski definition) is 4. The van der Waals surface area contributed by atoms with Crippen LogP contribution in [0.5, 0.6) is 0 Å². The Balaban J connectivity index is 1.23. The lowest BCUT2D eigenvalue weighted by molar-refractivity contribution is -0.124. The molecule has 2 aliphatic heterocycles. The van der Waals surface area contributed by atoms with Crippen LogP contribution in [0.4, 0.5) is 15.8 Å². The number of nitrogens with zero attached hydrogens (tertiary/aromatic N) is 2. The minimum atomic E-state index is -0.276. The molecule has 184 valence electrons. The van der Waals surface area contributed by atoms with Crippen LogP contribution < -0.4 is 10.2 Å². The molecule has 1 saturated heterocycles. The highest BCUT2D eigenvalue weighted by atomic mass is 19.1. The van der Waals surface area contributed by atoms with E-state index in [4.69, 9.17) is 0 Å². The van der Waals surface area contributed by atoms with Crippen LogP contribution in [0.25, 0.3) is 10.9 Å². The van der Waals surface area contributed by atoms with Crippen molar-refractivity contribution in [2.24, 2.45) is 0 Å². The van der Waals surface area contributed by atoms with Crippen LogP contribution in [0.3, 0.4) is 0 Å². The van der Waals surface area contributed by atoms with Gasteiger partial charge >= 0.3 is 0 Å². The van der Waals surface area contributed by atoms with Gasteiger partial charge in [0, 0.05) is 67.1 Å². The van der Waals surface area contributed by atoms with Crippen molar-refractivity contribution in [1.29, 1.82) is 0 Å². The highest BCUT2D eigenvalue weighted by molar-refractivity contribution is 5.92.